The van der Waals surface area contributed by atoms with E-state index in [4.69, 9.17) is 4.74 Å². The Morgan fingerprint density at radius 3 is 2.65 bits per heavy atom. The van der Waals surface area contributed by atoms with Gasteiger partial charge in [0.1, 0.15) is 12.2 Å². The molecule has 2 aromatic rings. The summed E-state index contributed by atoms with van der Waals surface area (Å²) >= 11 is 0. The molecule has 0 saturated carbocycles. The van der Waals surface area contributed by atoms with E-state index in [-0.39, 0.29) is 12.1 Å². The fraction of sp³-hybridized carbons (Fsp3) is 0.526. The van der Waals surface area contributed by atoms with Crippen molar-refractivity contribution < 1.29 is 9.53 Å². The summed E-state index contributed by atoms with van der Waals surface area (Å²) in [5.74, 6) is 1.44. The Labute approximate surface area is 153 Å². The highest BCUT2D eigenvalue weighted by molar-refractivity contribution is 5.89. The minimum atomic E-state index is -0.0498. The number of benzene rings is 1. The summed E-state index contributed by atoms with van der Waals surface area (Å²) in [6, 6.07) is 8.22. The van der Waals surface area contributed by atoms with Gasteiger partial charge in [-0.2, -0.15) is 0 Å². The molecule has 2 fully saturated rings. The zero-order valence-corrected chi connectivity index (χ0v) is 15.1. The normalized spacial score (nSPS) is 18.6. The van der Waals surface area contributed by atoms with Crippen LogP contribution in [0.4, 0.5) is 10.5 Å². The van der Waals surface area contributed by atoms with Crippen LogP contribution in [0.15, 0.2) is 30.6 Å². The fourth-order valence-corrected chi connectivity index (χ4v) is 3.60. The van der Waals surface area contributed by atoms with Gasteiger partial charge in [0.25, 0.3) is 0 Å². The van der Waals surface area contributed by atoms with E-state index in [9.17, 15) is 4.79 Å². The number of nitrogens with one attached hydrogen (secondary N) is 1. The number of rotatable bonds is 4. The molecule has 138 valence electrons. The highest BCUT2D eigenvalue weighted by atomic mass is 16.5. The number of hydrogen-bond donors (Lipinski definition) is 1. The van der Waals surface area contributed by atoms with Crippen molar-refractivity contribution in [3.8, 4) is 0 Å². The van der Waals surface area contributed by atoms with Crippen LogP contribution in [-0.4, -0.2) is 52.0 Å². The average molecular weight is 355 g/mol. The lowest BCUT2D eigenvalue weighted by molar-refractivity contribution is 0.0799. The molecule has 1 N–H and O–H groups in total. The molecule has 0 bridgehead atoms. The molecule has 0 atom stereocenters. The second-order valence-electron chi connectivity index (χ2n) is 7.02. The molecular formula is C19H25N5O2. The monoisotopic (exact) mass is 355 g/mol. The summed E-state index contributed by atoms with van der Waals surface area (Å²) in [6.07, 6.45) is 4.78. The molecule has 7 nitrogen and oxygen atoms in total. The Balaban J connectivity index is 1.33. The van der Waals surface area contributed by atoms with Crippen LogP contribution < -0.4 is 5.32 Å². The second kappa shape index (κ2) is 7.45. The number of hydrogen-bond acceptors (Lipinski definition) is 4. The van der Waals surface area contributed by atoms with Gasteiger partial charge in [-0.15, -0.1) is 10.2 Å². The molecule has 2 saturated heterocycles. The summed E-state index contributed by atoms with van der Waals surface area (Å²) in [5.41, 5.74) is 2.10. The third-order valence-corrected chi connectivity index (χ3v) is 5.34. The highest BCUT2D eigenvalue weighted by Crippen LogP contribution is 2.30. The first-order valence-corrected chi connectivity index (χ1v) is 9.36. The smallest absolute Gasteiger partial charge is 0.321 e. The molecule has 0 aliphatic carbocycles. The quantitative estimate of drug-likeness (QED) is 0.915. The Bertz CT molecular complexity index is 746. The standard InChI is InChI=1S/C19H25N5O2/c1-2-14-3-5-16(6-4-14)21-19(25)23-11-17(12-23)24-13-20-22-18(24)15-7-9-26-10-8-15/h3-6,13,15,17H,2,7-12H2,1H3,(H,21,25). The van der Waals surface area contributed by atoms with Crippen LogP contribution in [0.1, 0.15) is 43.1 Å². The Kier molecular flexibility index (Phi) is 4.88. The number of amides is 2. The van der Waals surface area contributed by atoms with Gasteiger partial charge >= 0.3 is 6.03 Å². The Morgan fingerprint density at radius 1 is 1.23 bits per heavy atom. The van der Waals surface area contributed by atoms with Crippen molar-refractivity contribution in [3.63, 3.8) is 0 Å². The highest BCUT2D eigenvalue weighted by Gasteiger charge is 2.34. The van der Waals surface area contributed by atoms with Gasteiger partial charge in [-0.25, -0.2) is 4.79 Å². The number of urea groups is 1. The van der Waals surface area contributed by atoms with Crippen molar-refractivity contribution in [3.05, 3.63) is 42.0 Å². The number of aryl methyl sites for hydroxylation is 1. The van der Waals surface area contributed by atoms with E-state index in [2.05, 4.69) is 27.0 Å². The van der Waals surface area contributed by atoms with E-state index in [0.29, 0.717) is 19.0 Å². The first kappa shape index (κ1) is 17.0. The first-order valence-electron chi connectivity index (χ1n) is 9.36. The number of carbonyl (C=O) groups excluding carboxylic acids is 1. The van der Waals surface area contributed by atoms with Crippen molar-refractivity contribution in [1.29, 1.82) is 0 Å². The van der Waals surface area contributed by atoms with Crippen LogP contribution >= 0.6 is 0 Å². The van der Waals surface area contributed by atoms with Gasteiger partial charge in [0.2, 0.25) is 0 Å². The number of aromatic nitrogens is 3. The van der Waals surface area contributed by atoms with E-state index >= 15 is 0 Å². The molecular weight excluding hydrogens is 330 g/mol. The van der Waals surface area contributed by atoms with E-state index in [1.54, 1.807) is 6.33 Å². The number of nitrogens with zero attached hydrogens (tertiary/aromatic N) is 4. The summed E-state index contributed by atoms with van der Waals surface area (Å²) in [6.45, 7) is 5.06. The van der Waals surface area contributed by atoms with Crippen LogP contribution in [-0.2, 0) is 11.2 Å². The number of ether oxygens (including phenoxy) is 1. The number of carbonyl (C=O) groups is 1. The van der Waals surface area contributed by atoms with Gasteiger partial charge in [-0.1, -0.05) is 19.1 Å². The SMILES string of the molecule is CCc1ccc(NC(=O)N2CC(n3cnnc3C3CCOCC3)C2)cc1. The number of likely N-dealkylation sites (tertiary alicyclic amines) is 1. The van der Waals surface area contributed by atoms with Gasteiger partial charge in [-0.05, 0) is 37.0 Å². The topological polar surface area (TPSA) is 72.3 Å². The van der Waals surface area contributed by atoms with Crippen LogP contribution in [0, 0.1) is 0 Å². The van der Waals surface area contributed by atoms with Crippen molar-refractivity contribution in [2.45, 2.75) is 38.1 Å². The van der Waals surface area contributed by atoms with E-state index < -0.39 is 0 Å². The first-order chi connectivity index (χ1) is 12.7. The molecule has 0 unspecified atom stereocenters. The third-order valence-electron chi connectivity index (χ3n) is 5.34. The van der Waals surface area contributed by atoms with Crippen molar-refractivity contribution in [2.75, 3.05) is 31.6 Å². The molecule has 26 heavy (non-hydrogen) atoms. The maximum absolute atomic E-state index is 12.4. The predicted molar refractivity (Wildman–Crippen MR) is 98.3 cm³/mol. The molecule has 3 heterocycles. The Morgan fingerprint density at radius 2 is 1.96 bits per heavy atom. The lowest BCUT2D eigenvalue weighted by Crippen LogP contribution is -2.52. The van der Waals surface area contributed by atoms with Crippen molar-refractivity contribution >= 4 is 11.7 Å². The Hall–Kier alpha value is -2.41. The minimum absolute atomic E-state index is 0.0498. The summed E-state index contributed by atoms with van der Waals surface area (Å²) < 4.78 is 7.59. The lowest BCUT2D eigenvalue weighted by Gasteiger charge is -2.40. The minimum Gasteiger partial charge on any atom is -0.381 e. The van der Waals surface area contributed by atoms with E-state index in [1.165, 1.54) is 5.56 Å². The van der Waals surface area contributed by atoms with Gasteiger partial charge in [0.05, 0.1) is 6.04 Å². The molecule has 0 spiro atoms. The maximum atomic E-state index is 12.4. The van der Waals surface area contributed by atoms with Gasteiger partial charge in [0.15, 0.2) is 0 Å². The molecule has 2 aliphatic rings. The largest absolute Gasteiger partial charge is 0.381 e. The van der Waals surface area contributed by atoms with Crippen molar-refractivity contribution in [2.24, 2.45) is 0 Å². The molecule has 2 aliphatic heterocycles. The summed E-state index contributed by atoms with van der Waals surface area (Å²) in [7, 11) is 0. The average Bonchev–Trinajstić information content (AvgIpc) is 3.11. The van der Waals surface area contributed by atoms with Gasteiger partial charge < -0.3 is 19.5 Å². The zero-order valence-electron chi connectivity index (χ0n) is 15.1. The van der Waals surface area contributed by atoms with E-state index in [0.717, 1.165) is 44.0 Å². The molecule has 2 amide bonds. The molecule has 4 rings (SSSR count). The second-order valence-corrected chi connectivity index (χ2v) is 7.02. The molecule has 0 radical (unpaired) electrons. The third kappa shape index (κ3) is 3.44. The van der Waals surface area contributed by atoms with Gasteiger partial charge in [-0.3, -0.25) is 0 Å². The number of anilines is 1. The van der Waals surface area contributed by atoms with Crippen LogP contribution in [0.2, 0.25) is 0 Å². The van der Waals surface area contributed by atoms with E-state index in [1.807, 2.05) is 29.2 Å². The van der Waals surface area contributed by atoms with Crippen LogP contribution in [0.25, 0.3) is 0 Å². The predicted octanol–water partition coefficient (Wildman–Crippen LogP) is 2.82. The summed E-state index contributed by atoms with van der Waals surface area (Å²) in [5, 5.41) is 11.4. The maximum Gasteiger partial charge on any atom is 0.321 e. The summed E-state index contributed by atoms with van der Waals surface area (Å²) in [4.78, 5) is 14.2. The van der Waals surface area contributed by atoms with Crippen molar-refractivity contribution in [1.82, 2.24) is 19.7 Å². The van der Waals surface area contributed by atoms with Crippen LogP contribution in [0.5, 0.6) is 0 Å². The molecule has 1 aromatic heterocycles. The molecule has 1 aromatic carbocycles. The van der Waals surface area contributed by atoms with Crippen LogP contribution in [0.3, 0.4) is 0 Å². The lowest BCUT2D eigenvalue weighted by atomic mass is 9.98. The molecule has 7 heteroatoms. The van der Waals surface area contributed by atoms with Gasteiger partial charge in [0, 0.05) is 37.9 Å². The fourth-order valence-electron chi connectivity index (χ4n) is 3.60. The zero-order chi connectivity index (χ0) is 17.9.